The van der Waals surface area contributed by atoms with Crippen molar-refractivity contribution < 1.29 is 14.6 Å². The summed E-state index contributed by atoms with van der Waals surface area (Å²) in [5.74, 6) is 0.116. The number of alkyl halides is 1. The highest BCUT2D eigenvalue weighted by Gasteiger charge is 2.32. The lowest BCUT2D eigenvalue weighted by Crippen LogP contribution is -2.44. The predicted octanol–water partition coefficient (Wildman–Crippen LogP) is 3.02. The topological polar surface area (TPSA) is 73.6 Å². The van der Waals surface area contributed by atoms with Crippen molar-refractivity contribution in [1.82, 2.24) is 4.90 Å². The third-order valence-electron chi connectivity index (χ3n) is 4.32. The average Bonchev–Trinajstić information content (AvgIpc) is 2.58. The molecule has 0 amide bonds. The molecule has 3 unspecified atom stereocenters. The van der Waals surface area contributed by atoms with Crippen LogP contribution in [0, 0.1) is 17.2 Å². The van der Waals surface area contributed by atoms with Crippen molar-refractivity contribution in [3.05, 3.63) is 35.4 Å². The Balaban J connectivity index is 1.95. The summed E-state index contributed by atoms with van der Waals surface area (Å²) in [5, 5.41) is 19.3. The molecule has 1 heterocycles. The Bertz CT molecular complexity index is 585. The van der Waals surface area contributed by atoms with Gasteiger partial charge in [0.05, 0.1) is 34.8 Å². The number of hydrogen-bond donors (Lipinski definition) is 1. The van der Waals surface area contributed by atoms with Gasteiger partial charge in [0.2, 0.25) is 0 Å². The molecule has 0 spiro atoms. The van der Waals surface area contributed by atoms with Crippen molar-refractivity contribution in [2.24, 2.45) is 5.92 Å². The Morgan fingerprint density at radius 2 is 2.21 bits per heavy atom. The van der Waals surface area contributed by atoms with E-state index in [1.165, 1.54) is 0 Å². The SMILES string of the molecule is CCOC(=O)CC1CCCN(CC(O)c2ccc(C#N)cc2)C1I. The van der Waals surface area contributed by atoms with Crippen LogP contribution in [0.5, 0.6) is 0 Å². The fourth-order valence-electron chi connectivity index (χ4n) is 3.05. The highest BCUT2D eigenvalue weighted by molar-refractivity contribution is 14.1. The van der Waals surface area contributed by atoms with Crippen LogP contribution in [0.4, 0.5) is 0 Å². The monoisotopic (exact) mass is 442 g/mol. The van der Waals surface area contributed by atoms with E-state index in [-0.39, 0.29) is 15.9 Å². The van der Waals surface area contributed by atoms with Crippen LogP contribution in [0.2, 0.25) is 0 Å². The van der Waals surface area contributed by atoms with Gasteiger partial charge in [-0.15, -0.1) is 0 Å². The molecule has 0 aromatic heterocycles. The molecular formula is C18H23IN2O3. The maximum atomic E-state index is 11.7. The van der Waals surface area contributed by atoms with Gasteiger partial charge in [-0.05, 0) is 49.9 Å². The Morgan fingerprint density at radius 1 is 1.50 bits per heavy atom. The molecule has 1 aromatic rings. The Labute approximate surface area is 156 Å². The largest absolute Gasteiger partial charge is 0.466 e. The van der Waals surface area contributed by atoms with Gasteiger partial charge in [-0.3, -0.25) is 9.69 Å². The summed E-state index contributed by atoms with van der Waals surface area (Å²) in [6, 6.07) is 9.12. The second kappa shape index (κ2) is 9.35. The van der Waals surface area contributed by atoms with Crippen LogP contribution in [-0.4, -0.2) is 39.7 Å². The fraction of sp³-hybridized carbons (Fsp3) is 0.556. The minimum Gasteiger partial charge on any atom is -0.466 e. The summed E-state index contributed by atoms with van der Waals surface area (Å²) in [6.07, 6.45) is 1.86. The van der Waals surface area contributed by atoms with Crippen molar-refractivity contribution in [2.45, 2.75) is 36.3 Å². The zero-order chi connectivity index (χ0) is 17.5. The minimum absolute atomic E-state index is 0.140. The Morgan fingerprint density at radius 3 is 2.83 bits per heavy atom. The number of β-amino-alcohol motifs (C(OH)–C–C–N with tert-alkyl or cyclic N) is 1. The molecular weight excluding hydrogens is 419 g/mol. The molecule has 1 aliphatic rings. The van der Waals surface area contributed by atoms with E-state index in [2.05, 4.69) is 33.6 Å². The number of hydrogen-bond acceptors (Lipinski definition) is 5. The number of likely N-dealkylation sites (tertiary alicyclic amines) is 1. The van der Waals surface area contributed by atoms with Crippen LogP contribution in [0.1, 0.15) is 43.4 Å². The van der Waals surface area contributed by atoms with Gasteiger partial charge in [-0.25, -0.2) is 0 Å². The average molecular weight is 442 g/mol. The molecule has 1 saturated heterocycles. The molecule has 0 radical (unpaired) electrons. The predicted molar refractivity (Wildman–Crippen MR) is 99.5 cm³/mol. The highest BCUT2D eigenvalue weighted by Crippen LogP contribution is 2.32. The molecule has 3 atom stereocenters. The molecule has 24 heavy (non-hydrogen) atoms. The number of benzene rings is 1. The standard InChI is InChI=1S/C18H23IN2O3/c1-2-24-17(23)10-15-4-3-9-21(18(15)19)12-16(22)14-7-5-13(11-20)6-8-14/h5-8,15-16,18,22H,2-4,9-10,12H2,1H3. The van der Waals surface area contributed by atoms with E-state index in [4.69, 9.17) is 10.00 Å². The van der Waals surface area contributed by atoms with Crippen LogP contribution in [0.25, 0.3) is 0 Å². The molecule has 1 aliphatic heterocycles. The van der Waals surface area contributed by atoms with Gasteiger partial charge in [0.25, 0.3) is 0 Å². The molecule has 1 fully saturated rings. The first-order valence-corrected chi connectivity index (χ1v) is 9.51. The number of nitriles is 1. The van der Waals surface area contributed by atoms with Crippen LogP contribution in [0.3, 0.4) is 0 Å². The van der Waals surface area contributed by atoms with Gasteiger partial charge >= 0.3 is 5.97 Å². The third-order valence-corrected chi connectivity index (χ3v) is 6.13. The van der Waals surface area contributed by atoms with Crippen molar-refractivity contribution in [3.63, 3.8) is 0 Å². The molecule has 1 N–H and O–H groups in total. The number of ether oxygens (including phenoxy) is 1. The summed E-state index contributed by atoms with van der Waals surface area (Å²) in [4.78, 5) is 14.0. The molecule has 0 bridgehead atoms. The van der Waals surface area contributed by atoms with Crippen molar-refractivity contribution in [1.29, 1.82) is 5.26 Å². The lowest BCUT2D eigenvalue weighted by molar-refractivity contribution is -0.144. The summed E-state index contributed by atoms with van der Waals surface area (Å²) < 4.78 is 5.27. The van der Waals surface area contributed by atoms with E-state index in [1.54, 1.807) is 24.3 Å². The van der Waals surface area contributed by atoms with Gasteiger partial charge in [0.15, 0.2) is 0 Å². The smallest absolute Gasteiger partial charge is 0.306 e. The first kappa shape index (κ1) is 19.2. The number of carbonyl (C=O) groups is 1. The molecule has 0 aliphatic carbocycles. The van der Waals surface area contributed by atoms with E-state index in [1.807, 2.05) is 6.92 Å². The van der Waals surface area contributed by atoms with E-state index < -0.39 is 6.10 Å². The summed E-state index contributed by atoms with van der Waals surface area (Å²) in [6.45, 7) is 3.68. The van der Waals surface area contributed by atoms with Crippen LogP contribution in [0.15, 0.2) is 24.3 Å². The number of esters is 1. The van der Waals surface area contributed by atoms with Crippen molar-refractivity contribution >= 4 is 28.6 Å². The lowest BCUT2D eigenvalue weighted by atomic mass is 9.94. The highest BCUT2D eigenvalue weighted by atomic mass is 127. The normalized spacial score (nSPS) is 22.6. The molecule has 1 aromatic carbocycles. The molecule has 5 nitrogen and oxygen atoms in total. The number of aliphatic hydroxyl groups is 1. The molecule has 2 rings (SSSR count). The molecule has 0 saturated carbocycles. The Kier molecular flexibility index (Phi) is 7.46. The lowest BCUT2D eigenvalue weighted by Gasteiger charge is -2.38. The van der Waals surface area contributed by atoms with Gasteiger partial charge < -0.3 is 9.84 Å². The number of aliphatic hydroxyl groups excluding tert-OH is 1. The zero-order valence-electron chi connectivity index (χ0n) is 13.8. The van der Waals surface area contributed by atoms with E-state index >= 15 is 0 Å². The Hall–Kier alpha value is -1.17. The first-order chi connectivity index (χ1) is 11.5. The van der Waals surface area contributed by atoms with Crippen LogP contribution >= 0.6 is 22.6 Å². The first-order valence-electron chi connectivity index (χ1n) is 8.27. The van der Waals surface area contributed by atoms with Gasteiger partial charge in [0, 0.05) is 6.54 Å². The molecule has 6 heteroatoms. The number of halogens is 1. The second-order valence-electron chi connectivity index (χ2n) is 6.03. The van der Waals surface area contributed by atoms with Crippen LogP contribution in [-0.2, 0) is 9.53 Å². The summed E-state index contributed by atoms with van der Waals surface area (Å²) in [7, 11) is 0. The van der Waals surface area contributed by atoms with E-state index in [9.17, 15) is 9.90 Å². The number of rotatable bonds is 6. The van der Waals surface area contributed by atoms with E-state index in [0.717, 1.165) is 24.9 Å². The second-order valence-corrected chi connectivity index (χ2v) is 7.30. The van der Waals surface area contributed by atoms with Crippen molar-refractivity contribution in [3.8, 4) is 6.07 Å². The minimum atomic E-state index is -0.601. The zero-order valence-corrected chi connectivity index (χ0v) is 16.0. The van der Waals surface area contributed by atoms with Gasteiger partial charge in [-0.1, -0.05) is 34.7 Å². The van der Waals surface area contributed by atoms with E-state index in [0.29, 0.717) is 25.1 Å². The number of nitrogens with zero attached hydrogens (tertiary/aromatic N) is 2. The quantitative estimate of drug-likeness (QED) is 0.318. The van der Waals surface area contributed by atoms with Crippen molar-refractivity contribution in [2.75, 3.05) is 19.7 Å². The maximum Gasteiger partial charge on any atom is 0.306 e. The number of carbonyl (C=O) groups excluding carboxylic acids is 1. The fourth-order valence-corrected chi connectivity index (χ4v) is 4.17. The summed E-state index contributed by atoms with van der Waals surface area (Å²) >= 11 is 2.37. The molecule has 130 valence electrons. The van der Waals surface area contributed by atoms with Gasteiger partial charge in [0.1, 0.15) is 0 Å². The number of piperidine rings is 1. The van der Waals surface area contributed by atoms with Crippen LogP contribution < -0.4 is 0 Å². The third kappa shape index (κ3) is 5.16. The van der Waals surface area contributed by atoms with Gasteiger partial charge in [-0.2, -0.15) is 5.26 Å². The summed E-state index contributed by atoms with van der Waals surface area (Å²) in [5.41, 5.74) is 1.40. The maximum absolute atomic E-state index is 11.7.